The predicted molar refractivity (Wildman–Crippen MR) is 63.0 cm³/mol. The fourth-order valence-corrected chi connectivity index (χ4v) is 2.67. The summed E-state index contributed by atoms with van der Waals surface area (Å²) in [5.74, 6) is -0.828. The van der Waals surface area contributed by atoms with E-state index in [2.05, 4.69) is 5.32 Å². The summed E-state index contributed by atoms with van der Waals surface area (Å²) in [6.45, 7) is 0. The second-order valence-electron chi connectivity index (χ2n) is 3.82. The molecule has 1 heterocycles. The quantitative estimate of drug-likeness (QED) is 0.859. The van der Waals surface area contributed by atoms with Crippen molar-refractivity contribution in [2.45, 2.75) is 24.9 Å². The minimum Gasteiger partial charge on any atom is -0.480 e. The summed E-state index contributed by atoms with van der Waals surface area (Å²) in [5, 5.41) is 13.1. The van der Waals surface area contributed by atoms with Gasteiger partial charge in [-0.05, 0) is 25.0 Å². The number of aliphatic carboxylic acids is 1. The molecule has 0 unspecified atom stereocenters. The van der Waals surface area contributed by atoms with Crippen LogP contribution < -0.4 is 5.32 Å². The lowest BCUT2D eigenvalue weighted by Gasteiger charge is -2.15. The highest BCUT2D eigenvalue weighted by atomic mass is 35.5. The molecule has 1 aliphatic rings. The zero-order chi connectivity index (χ0) is 11.7. The third-order valence-corrected chi connectivity index (χ3v) is 3.45. The molecular formula is C11H11Cl2NO2. The van der Waals surface area contributed by atoms with E-state index < -0.39 is 12.0 Å². The van der Waals surface area contributed by atoms with E-state index in [-0.39, 0.29) is 6.04 Å². The van der Waals surface area contributed by atoms with Gasteiger partial charge in [-0.2, -0.15) is 0 Å². The van der Waals surface area contributed by atoms with Crippen molar-refractivity contribution in [1.29, 1.82) is 0 Å². The molecule has 5 heteroatoms. The highest BCUT2D eigenvalue weighted by molar-refractivity contribution is 6.36. The van der Waals surface area contributed by atoms with Gasteiger partial charge in [0.05, 0.1) is 0 Å². The molecule has 2 N–H and O–H groups in total. The van der Waals surface area contributed by atoms with Gasteiger partial charge in [0.25, 0.3) is 0 Å². The Morgan fingerprint density at radius 3 is 2.44 bits per heavy atom. The topological polar surface area (TPSA) is 49.3 Å². The Hall–Kier alpha value is -0.770. The summed E-state index contributed by atoms with van der Waals surface area (Å²) in [4.78, 5) is 10.8. The molecule has 16 heavy (non-hydrogen) atoms. The van der Waals surface area contributed by atoms with Gasteiger partial charge in [0.2, 0.25) is 0 Å². The van der Waals surface area contributed by atoms with Gasteiger partial charge < -0.3 is 5.11 Å². The van der Waals surface area contributed by atoms with Crippen LogP contribution in [0.2, 0.25) is 10.0 Å². The van der Waals surface area contributed by atoms with Crippen LogP contribution in [0.4, 0.5) is 0 Å². The fraction of sp³-hybridized carbons (Fsp3) is 0.364. The molecule has 0 saturated carbocycles. The van der Waals surface area contributed by atoms with Crippen LogP contribution in [0.1, 0.15) is 24.4 Å². The molecule has 1 fully saturated rings. The number of rotatable bonds is 2. The third-order valence-electron chi connectivity index (χ3n) is 2.79. The van der Waals surface area contributed by atoms with Gasteiger partial charge >= 0.3 is 5.97 Å². The average Bonchev–Trinajstić information content (AvgIpc) is 2.66. The van der Waals surface area contributed by atoms with Crippen molar-refractivity contribution in [2.75, 3.05) is 0 Å². The lowest BCUT2D eigenvalue weighted by atomic mass is 10.1. The number of hydrogen-bond donors (Lipinski definition) is 2. The molecule has 0 aromatic heterocycles. The van der Waals surface area contributed by atoms with Crippen LogP contribution in [0.5, 0.6) is 0 Å². The molecule has 0 bridgehead atoms. The van der Waals surface area contributed by atoms with Crippen molar-refractivity contribution in [1.82, 2.24) is 5.32 Å². The van der Waals surface area contributed by atoms with E-state index in [1.165, 1.54) is 0 Å². The van der Waals surface area contributed by atoms with Crippen LogP contribution in [0.3, 0.4) is 0 Å². The molecule has 1 aromatic rings. The normalized spacial score (nSPS) is 24.6. The van der Waals surface area contributed by atoms with Crippen molar-refractivity contribution >= 4 is 29.2 Å². The first kappa shape index (κ1) is 11.7. The van der Waals surface area contributed by atoms with Gasteiger partial charge in [-0.1, -0.05) is 29.3 Å². The summed E-state index contributed by atoms with van der Waals surface area (Å²) >= 11 is 12.1. The van der Waals surface area contributed by atoms with Crippen molar-refractivity contribution in [2.24, 2.45) is 0 Å². The highest BCUT2D eigenvalue weighted by Crippen LogP contribution is 2.36. The summed E-state index contributed by atoms with van der Waals surface area (Å²) in [5.41, 5.74) is 0.801. The highest BCUT2D eigenvalue weighted by Gasteiger charge is 2.31. The Labute approximate surface area is 103 Å². The number of halogens is 2. The van der Waals surface area contributed by atoms with E-state index in [9.17, 15) is 4.79 Å². The molecule has 3 nitrogen and oxygen atoms in total. The zero-order valence-corrected chi connectivity index (χ0v) is 9.92. The SMILES string of the molecule is O=C(O)[C@H]1CC[C@H](c2c(Cl)cccc2Cl)N1. The number of benzene rings is 1. The molecule has 0 amide bonds. The maximum atomic E-state index is 10.8. The molecule has 1 aliphatic heterocycles. The summed E-state index contributed by atoms with van der Waals surface area (Å²) < 4.78 is 0. The van der Waals surface area contributed by atoms with Crippen LogP contribution >= 0.6 is 23.2 Å². The first-order valence-electron chi connectivity index (χ1n) is 5.02. The van der Waals surface area contributed by atoms with E-state index in [0.717, 1.165) is 12.0 Å². The second kappa shape index (κ2) is 4.62. The number of nitrogens with one attached hydrogen (secondary N) is 1. The minimum atomic E-state index is -0.828. The third kappa shape index (κ3) is 2.17. The number of carboxylic acid groups (broad SMARTS) is 1. The average molecular weight is 260 g/mol. The van der Waals surface area contributed by atoms with Gasteiger partial charge in [-0.15, -0.1) is 0 Å². The number of carbonyl (C=O) groups is 1. The van der Waals surface area contributed by atoms with Crippen molar-refractivity contribution < 1.29 is 9.90 Å². The molecule has 0 aliphatic carbocycles. The fourth-order valence-electron chi connectivity index (χ4n) is 2.01. The summed E-state index contributed by atoms with van der Waals surface area (Å²) in [6, 6.07) is 4.73. The Kier molecular flexibility index (Phi) is 3.38. The Bertz CT molecular complexity index is 402. The first-order chi connectivity index (χ1) is 7.59. The van der Waals surface area contributed by atoms with E-state index >= 15 is 0 Å². The van der Waals surface area contributed by atoms with Crippen molar-refractivity contribution in [3.05, 3.63) is 33.8 Å². The molecule has 86 valence electrons. The van der Waals surface area contributed by atoms with Gasteiger partial charge in [-0.25, -0.2) is 0 Å². The molecule has 2 rings (SSSR count). The molecule has 1 aromatic carbocycles. The summed E-state index contributed by atoms with van der Waals surface area (Å²) in [7, 11) is 0. The zero-order valence-electron chi connectivity index (χ0n) is 8.41. The molecule has 0 spiro atoms. The maximum Gasteiger partial charge on any atom is 0.320 e. The van der Waals surface area contributed by atoms with Crippen LogP contribution in [-0.2, 0) is 4.79 Å². The molecule has 1 saturated heterocycles. The number of carboxylic acids is 1. The minimum absolute atomic E-state index is 0.0673. The Balaban J connectivity index is 2.24. The standard InChI is InChI=1S/C11H11Cl2NO2/c12-6-2-1-3-7(13)10(6)8-4-5-9(14-8)11(15)16/h1-3,8-9,14H,4-5H2,(H,15,16)/t8-,9-/m1/s1. The molecule has 0 radical (unpaired) electrons. The van der Waals surface area contributed by atoms with E-state index in [1.54, 1.807) is 18.2 Å². The Morgan fingerprint density at radius 1 is 1.31 bits per heavy atom. The summed E-state index contributed by atoms with van der Waals surface area (Å²) in [6.07, 6.45) is 1.34. The monoisotopic (exact) mass is 259 g/mol. The van der Waals surface area contributed by atoms with Crippen LogP contribution in [0.15, 0.2) is 18.2 Å². The van der Waals surface area contributed by atoms with Crippen LogP contribution in [0, 0.1) is 0 Å². The molecular weight excluding hydrogens is 249 g/mol. The van der Waals surface area contributed by atoms with Gasteiger partial charge in [-0.3, -0.25) is 10.1 Å². The lowest BCUT2D eigenvalue weighted by molar-refractivity contribution is -0.139. The maximum absolute atomic E-state index is 10.8. The van der Waals surface area contributed by atoms with E-state index in [0.29, 0.717) is 16.5 Å². The largest absolute Gasteiger partial charge is 0.480 e. The van der Waals surface area contributed by atoms with Gasteiger partial charge in [0.1, 0.15) is 6.04 Å². The van der Waals surface area contributed by atoms with Crippen LogP contribution in [0.25, 0.3) is 0 Å². The predicted octanol–water partition coefficient (Wildman–Crippen LogP) is 2.87. The van der Waals surface area contributed by atoms with E-state index in [4.69, 9.17) is 28.3 Å². The Morgan fingerprint density at radius 2 is 1.94 bits per heavy atom. The van der Waals surface area contributed by atoms with E-state index in [1.807, 2.05) is 0 Å². The van der Waals surface area contributed by atoms with Gasteiger partial charge in [0.15, 0.2) is 0 Å². The lowest BCUT2D eigenvalue weighted by Crippen LogP contribution is -2.31. The smallest absolute Gasteiger partial charge is 0.320 e. The van der Waals surface area contributed by atoms with Gasteiger partial charge in [0, 0.05) is 21.7 Å². The first-order valence-corrected chi connectivity index (χ1v) is 5.78. The number of hydrogen-bond acceptors (Lipinski definition) is 2. The van der Waals surface area contributed by atoms with Crippen molar-refractivity contribution in [3.63, 3.8) is 0 Å². The van der Waals surface area contributed by atoms with Crippen LogP contribution in [-0.4, -0.2) is 17.1 Å². The molecule has 2 atom stereocenters. The second-order valence-corrected chi connectivity index (χ2v) is 4.64. The van der Waals surface area contributed by atoms with Crippen molar-refractivity contribution in [3.8, 4) is 0 Å².